The SMILES string of the molecule is CC1OC2COP(=O)(O)OC3C(C)OC(COP(=O)(O)OC2C1CO)C3CO. The molecule has 0 spiro atoms. The first kappa shape index (κ1) is 22.7. The van der Waals surface area contributed by atoms with Gasteiger partial charge >= 0.3 is 15.6 Å². The first-order valence-corrected chi connectivity index (χ1v) is 11.9. The maximum Gasteiger partial charge on any atom is 0.472 e. The van der Waals surface area contributed by atoms with Crippen LogP contribution in [-0.2, 0) is 36.7 Å². The summed E-state index contributed by atoms with van der Waals surface area (Å²) in [5.41, 5.74) is 0. The zero-order valence-corrected chi connectivity index (χ0v) is 17.2. The fourth-order valence-electron chi connectivity index (χ4n) is 3.80. The molecule has 2 bridgehead atoms. The largest absolute Gasteiger partial charge is 0.472 e. The standard InChI is InChI=1S/C14H26O12P2/c1-7-9(3-15)14-12(23-7)6-22-27(17,18)25-13-8(2)24-11(10(13)4-16)5-21-28(19,20)26-14/h7-16H,3-6H2,1-2H3,(H,17,18)(H,19,20). The number of ether oxygens (including phenoxy) is 2. The number of hydrogen-bond donors (Lipinski definition) is 4. The molecule has 3 aliphatic rings. The average Bonchev–Trinajstić information content (AvgIpc) is 3.06. The molecule has 0 aromatic rings. The highest BCUT2D eigenvalue weighted by Gasteiger charge is 2.51. The van der Waals surface area contributed by atoms with E-state index in [0.29, 0.717) is 0 Å². The minimum Gasteiger partial charge on any atom is -0.396 e. The number of rotatable bonds is 2. The second-order valence-electron chi connectivity index (χ2n) is 7.12. The predicted octanol–water partition coefficient (Wildman–Crippen LogP) is -0.204. The van der Waals surface area contributed by atoms with Gasteiger partial charge in [0.25, 0.3) is 0 Å². The Morgan fingerprint density at radius 2 is 1.29 bits per heavy atom. The third kappa shape index (κ3) is 4.85. The van der Waals surface area contributed by atoms with E-state index in [-0.39, 0.29) is 0 Å². The van der Waals surface area contributed by atoms with Gasteiger partial charge < -0.3 is 29.5 Å². The monoisotopic (exact) mass is 448 g/mol. The van der Waals surface area contributed by atoms with E-state index in [1.54, 1.807) is 13.8 Å². The molecule has 0 aromatic heterocycles. The number of aliphatic hydroxyl groups excluding tert-OH is 2. The highest BCUT2D eigenvalue weighted by atomic mass is 31.2. The van der Waals surface area contributed by atoms with Gasteiger partial charge in [0.2, 0.25) is 0 Å². The van der Waals surface area contributed by atoms with E-state index in [4.69, 9.17) is 27.6 Å². The maximum atomic E-state index is 12.4. The quantitative estimate of drug-likeness (QED) is 0.411. The molecule has 0 amide bonds. The van der Waals surface area contributed by atoms with Crippen LogP contribution in [-0.4, -0.2) is 83.1 Å². The molecular formula is C14H26O12P2. The topological polar surface area (TPSA) is 170 Å². The van der Waals surface area contributed by atoms with Crippen LogP contribution in [0, 0.1) is 11.8 Å². The average molecular weight is 448 g/mol. The summed E-state index contributed by atoms with van der Waals surface area (Å²) in [6.45, 7) is 1.40. The van der Waals surface area contributed by atoms with Crippen molar-refractivity contribution in [2.24, 2.45) is 11.8 Å². The third-order valence-electron chi connectivity index (χ3n) is 5.27. The minimum atomic E-state index is -4.60. The van der Waals surface area contributed by atoms with Gasteiger partial charge in [-0.25, -0.2) is 9.13 Å². The lowest BCUT2D eigenvalue weighted by Crippen LogP contribution is -2.35. The van der Waals surface area contributed by atoms with Crippen molar-refractivity contribution in [3.8, 4) is 0 Å². The molecule has 0 radical (unpaired) electrons. The second kappa shape index (κ2) is 8.66. The maximum absolute atomic E-state index is 12.4. The van der Waals surface area contributed by atoms with E-state index < -0.39 is 90.5 Å². The minimum absolute atomic E-state index is 0.409. The van der Waals surface area contributed by atoms with E-state index in [0.717, 1.165) is 0 Å². The molecule has 10 atom stereocenters. The third-order valence-corrected chi connectivity index (χ3v) is 7.24. The molecule has 3 aliphatic heterocycles. The van der Waals surface area contributed by atoms with E-state index >= 15 is 0 Å². The summed E-state index contributed by atoms with van der Waals surface area (Å²) in [4.78, 5) is 20.2. The summed E-state index contributed by atoms with van der Waals surface area (Å²) in [6.07, 6.45) is -5.28. The Kier molecular flexibility index (Phi) is 7.03. The van der Waals surface area contributed by atoms with E-state index in [2.05, 4.69) is 0 Å². The smallest absolute Gasteiger partial charge is 0.396 e. The van der Waals surface area contributed by atoms with Crippen molar-refractivity contribution in [2.45, 2.75) is 50.5 Å². The molecule has 28 heavy (non-hydrogen) atoms. The molecule has 3 heterocycles. The second-order valence-corrected chi connectivity index (χ2v) is 9.93. The lowest BCUT2D eigenvalue weighted by molar-refractivity contribution is -0.0381. The molecule has 10 unspecified atom stereocenters. The van der Waals surface area contributed by atoms with Gasteiger partial charge in [0.05, 0.1) is 44.7 Å². The molecule has 4 N–H and O–H groups in total. The first-order chi connectivity index (χ1) is 13.1. The van der Waals surface area contributed by atoms with Crippen molar-refractivity contribution < 1.29 is 56.7 Å². The van der Waals surface area contributed by atoms with Crippen molar-refractivity contribution >= 4 is 15.6 Å². The zero-order valence-electron chi connectivity index (χ0n) is 15.4. The summed E-state index contributed by atoms with van der Waals surface area (Å²) in [6, 6.07) is 0. The van der Waals surface area contributed by atoms with Crippen LogP contribution < -0.4 is 0 Å². The Bertz CT molecular complexity index is 646. The fourth-order valence-corrected chi connectivity index (χ4v) is 5.82. The molecule has 0 saturated carbocycles. The molecule has 3 rings (SSSR count). The normalized spacial score (nSPS) is 53.1. The Morgan fingerprint density at radius 1 is 0.786 bits per heavy atom. The molecule has 0 aliphatic carbocycles. The molecule has 3 fully saturated rings. The van der Waals surface area contributed by atoms with Crippen LogP contribution in [0.3, 0.4) is 0 Å². The van der Waals surface area contributed by atoms with Gasteiger partial charge in [-0.3, -0.25) is 18.1 Å². The summed E-state index contributed by atoms with van der Waals surface area (Å²) >= 11 is 0. The van der Waals surface area contributed by atoms with Gasteiger partial charge in [0.15, 0.2) is 0 Å². The molecule has 14 heteroatoms. The molecule has 164 valence electrons. The summed E-state index contributed by atoms with van der Waals surface area (Å²) in [5, 5.41) is 19.2. The highest BCUT2D eigenvalue weighted by molar-refractivity contribution is 7.47. The predicted molar refractivity (Wildman–Crippen MR) is 91.1 cm³/mol. The first-order valence-electron chi connectivity index (χ1n) is 8.91. The van der Waals surface area contributed by atoms with Crippen LogP contribution in [0.25, 0.3) is 0 Å². The number of hydrogen-bond acceptors (Lipinski definition) is 10. The Morgan fingerprint density at radius 3 is 1.86 bits per heavy atom. The van der Waals surface area contributed by atoms with E-state index in [9.17, 15) is 29.1 Å². The zero-order chi connectivity index (χ0) is 20.7. The van der Waals surface area contributed by atoms with Crippen molar-refractivity contribution in [3.63, 3.8) is 0 Å². The van der Waals surface area contributed by atoms with Crippen LogP contribution in [0.1, 0.15) is 13.8 Å². The van der Waals surface area contributed by atoms with Crippen molar-refractivity contribution in [3.05, 3.63) is 0 Å². The Hall–Kier alpha value is 0.0600. The molecular weight excluding hydrogens is 422 g/mol. The molecule has 12 nitrogen and oxygen atoms in total. The number of phosphoric acid groups is 2. The van der Waals surface area contributed by atoms with Crippen LogP contribution in [0.15, 0.2) is 0 Å². The van der Waals surface area contributed by atoms with Crippen molar-refractivity contribution in [1.29, 1.82) is 0 Å². The fraction of sp³-hybridized carbons (Fsp3) is 1.00. The lowest BCUT2D eigenvalue weighted by Gasteiger charge is -2.25. The molecule has 0 aromatic carbocycles. The lowest BCUT2D eigenvalue weighted by atomic mass is 9.98. The molecule has 3 saturated heterocycles. The van der Waals surface area contributed by atoms with E-state index in [1.165, 1.54) is 0 Å². The summed E-state index contributed by atoms with van der Waals surface area (Å²) < 4.78 is 56.4. The van der Waals surface area contributed by atoms with Gasteiger partial charge in [-0.1, -0.05) is 0 Å². The Balaban J connectivity index is 1.88. The van der Waals surface area contributed by atoms with Gasteiger partial charge in [0, 0.05) is 11.8 Å². The summed E-state index contributed by atoms with van der Waals surface area (Å²) in [5.74, 6) is -1.47. The summed E-state index contributed by atoms with van der Waals surface area (Å²) in [7, 11) is -9.18. The van der Waals surface area contributed by atoms with Crippen molar-refractivity contribution in [2.75, 3.05) is 26.4 Å². The Labute approximate surface area is 161 Å². The number of fused-ring (bicyclic) bond motifs is 3. The van der Waals surface area contributed by atoms with Gasteiger partial charge in [-0.2, -0.15) is 0 Å². The van der Waals surface area contributed by atoms with Crippen LogP contribution in [0.2, 0.25) is 0 Å². The van der Waals surface area contributed by atoms with Crippen LogP contribution in [0.4, 0.5) is 0 Å². The van der Waals surface area contributed by atoms with Crippen LogP contribution in [0.5, 0.6) is 0 Å². The highest BCUT2D eigenvalue weighted by Crippen LogP contribution is 2.53. The van der Waals surface area contributed by atoms with Crippen LogP contribution >= 0.6 is 15.6 Å². The number of aliphatic hydroxyl groups is 2. The van der Waals surface area contributed by atoms with Crippen molar-refractivity contribution in [1.82, 2.24) is 0 Å². The van der Waals surface area contributed by atoms with Gasteiger partial charge in [-0.15, -0.1) is 0 Å². The van der Waals surface area contributed by atoms with E-state index in [1.807, 2.05) is 0 Å². The van der Waals surface area contributed by atoms with Gasteiger partial charge in [0.1, 0.15) is 18.3 Å². The number of phosphoric ester groups is 2. The van der Waals surface area contributed by atoms with Gasteiger partial charge in [-0.05, 0) is 13.8 Å².